The lowest BCUT2D eigenvalue weighted by Crippen LogP contribution is -2.08. The van der Waals surface area contributed by atoms with Crippen LogP contribution in [0.25, 0.3) is 0 Å². The van der Waals surface area contributed by atoms with Crippen LogP contribution >= 0.6 is 0 Å². The fraction of sp³-hybridized carbons (Fsp3) is 0.429. The number of hydrogen-bond donors (Lipinski definition) is 0. The van der Waals surface area contributed by atoms with Gasteiger partial charge >= 0.3 is 5.69 Å². The number of allylic oxidation sites excluding steroid dienone is 5. The Hall–Kier alpha value is -2.64. The molecule has 0 N–H and O–H groups in total. The molecule has 0 aliphatic heterocycles. The first-order valence-corrected chi connectivity index (χ1v) is 9.14. The number of nitro benzene ring substituents is 1. The van der Waals surface area contributed by atoms with Gasteiger partial charge in [0.05, 0.1) is 4.92 Å². The van der Waals surface area contributed by atoms with E-state index in [2.05, 4.69) is 12.2 Å². The minimum atomic E-state index is -2.10. The van der Waals surface area contributed by atoms with Gasteiger partial charge in [-0.3, -0.25) is 10.1 Å². The molecular formula is C21H25F4NO3. The Morgan fingerprint density at radius 2 is 1.34 bits per heavy atom. The Kier molecular flexibility index (Phi) is 9.58. The SMILES string of the molecule is CC(C)=CCC/C(C)=C/CC/C(C)=C/COc1c(F)c(F)c([N+](=O)[O-])c(F)c1F. The zero-order chi connectivity index (χ0) is 22.1. The van der Waals surface area contributed by atoms with E-state index in [1.54, 1.807) is 6.92 Å². The molecule has 0 aliphatic rings. The highest BCUT2D eigenvalue weighted by molar-refractivity contribution is 5.42. The summed E-state index contributed by atoms with van der Waals surface area (Å²) in [5.74, 6) is -9.38. The second-order valence-corrected chi connectivity index (χ2v) is 6.96. The maximum atomic E-state index is 13.8. The predicted octanol–water partition coefficient (Wildman–Crippen LogP) is 6.95. The minimum Gasteiger partial charge on any atom is -0.483 e. The number of nitro groups is 1. The van der Waals surface area contributed by atoms with Crippen LogP contribution in [0, 0.1) is 33.4 Å². The van der Waals surface area contributed by atoms with Crippen molar-refractivity contribution in [2.75, 3.05) is 6.61 Å². The van der Waals surface area contributed by atoms with Gasteiger partial charge < -0.3 is 4.74 Å². The molecule has 0 saturated heterocycles. The van der Waals surface area contributed by atoms with Gasteiger partial charge in [-0.1, -0.05) is 28.9 Å². The third kappa shape index (κ3) is 7.36. The highest BCUT2D eigenvalue weighted by atomic mass is 19.2. The van der Waals surface area contributed by atoms with E-state index in [0.29, 0.717) is 6.42 Å². The Labute approximate surface area is 167 Å². The highest BCUT2D eigenvalue weighted by Crippen LogP contribution is 2.34. The Balaban J connectivity index is 2.67. The van der Waals surface area contributed by atoms with Crippen LogP contribution in [0.1, 0.15) is 53.4 Å². The predicted molar refractivity (Wildman–Crippen MR) is 104 cm³/mol. The Morgan fingerprint density at radius 3 is 1.83 bits per heavy atom. The average molecular weight is 415 g/mol. The van der Waals surface area contributed by atoms with Crippen molar-refractivity contribution in [2.24, 2.45) is 0 Å². The summed E-state index contributed by atoms with van der Waals surface area (Å²) in [6.07, 6.45) is 9.20. The van der Waals surface area contributed by atoms with Crippen LogP contribution in [0.3, 0.4) is 0 Å². The average Bonchev–Trinajstić information content (AvgIpc) is 2.62. The van der Waals surface area contributed by atoms with Crippen LogP contribution in [0.2, 0.25) is 0 Å². The summed E-state index contributed by atoms with van der Waals surface area (Å²) in [5.41, 5.74) is 1.51. The Morgan fingerprint density at radius 1 is 0.862 bits per heavy atom. The van der Waals surface area contributed by atoms with E-state index < -0.39 is 39.6 Å². The van der Waals surface area contributed by atoms with Gasteiger partial charge in [-0.2, -0.15) is 17.6 Å². The molecule has 0 unspecified atom stereocenters. The monoisotopic (exact) mass is 415 g/mol. The molecular weight excluding hydrogens is 390 g/mol. The standard InChI is InChI=1S/C21H25F4NO3/c1-13(2)7-5-8-14(3)9-6-10-15(4)11-12-29-21-18(24)16(22)20(26(27)28)17(23)19(21)25/h7,9,11H,5-6,8,10,12H2,1-4H3/b14-9+,15-11+. The molecule has 1 aromatic carbocycles. The van der Waals surface area contributed by atoms with Gasteiger partial charge in [-0.25, -0.2) is 0 Å². The number of nitrogens with zero attached hydrogens (tertiary/aromatic N) is 1. The number of ether oxygens (including phenoxy) is 1. The molecule has 0 aromatic heterocycles. The molecule has 0 aliphatic carbocycles. The summed E-state index contributed by atoms with van der Waals surface area (Å²) in [5, 5.41) is 10.5. The first-order valence-electron chi connectivity index (χ1n) is 9.14. The van der Waals surface area contributed by atoms with Crippen molar-refractivity contribution in [1.29, 1.82) is 0 Å². The zero-order valence-electron chi connectivity index (χ0n) is 17.0. The van der Waals surface area contributed by atoms with Gasteiger partial charge in [-0.05, 0) is 59.5 Å². The summed E-state index contributed by atoms with van der Waals surface area (Å²) in [4.78, 5) is 9.00. The fourth-order valence-corrected chi connectivity index (χ4v) is 2.49. The lowest BCUT2D eigenvalue weighted by atomic mass is 10.1. The smallest absolute Gasteiger partial charge is 0.346 e. The molecule has 160 valence electrons. The molecule has 0 radical (unpaired) electrons. The zero-order valence-corrected chi connectivity index (χ0v) is 17.0. The molecule has 4 nitrogen and oxygen atoms in total. The summed E-state index contributed by atoms with van der Waals surface area (Å²) >= 11 is 0. The van der Waals surface area contributed by atoms with Crippen LogP contribution in [-0.4, -0.2) is 11.5 Å². The second kappa shape index (κ2) is 11.4. The number of benzene rings is 1. The summed E-state index contributed by atoms with van der Waals surface area (Å²) in [7, 11) is 0. The van der Waals surface area contributed by atoms with Gasteiger partial charge in [0.2, 0.25) is 23.3 Å². The summed E-state index contributed by atoms with van der Waals surface area (Å²) in [6.45, 7) is 7.60. The normalized spacial score (nSPS) is 12.1. The van der Waals surface area contributed by atoms with Crippen LogP contribution < -0.4 is 4.74 Å². The van der Waals surface area contributed by atoms with Crippen molar-refractivity contribution in [1.82, 2.24) is 0 Å². The van der Waals surface area contributed by atoms with E-state index in [4.69, 9.17) is 4.74 Å². The van der Waals surface area contributed by atoms with Crippen molar-refractivity contribution < 1.29 is 27.2 Å². The van der Waals surface area contributed by atoms with E-state index in [0.717, 1.165) is 24.8 Å². The largest absolute Gasteiger partial charge is 0.483 e. The van der Waals surface area contributed by atoms with Crippen molar-refractivity contribution >= 4 is 5.69 Å². The topological polar surface area (TPSA) is 52.4 Å². The molecule has 0 spiro atoms. The van der Waals surface area contributed by atoms with Crippen molar-refractivity contribution in [2.45, 2.75) is 53.4 Å². The molecule has 29 heavy (non-hydrogen) atoms. The molecule has 0 fully saturated rings. The minimum absolute atomic E-state index is 0.334. The Bertz CT molecular complexity index is 812. The molecule has 1 rings (SSSR count). The first-order chi connectivity index (χ1) is 13.6. The van der Waals surface area contributed by atoms with E-state index >= 15 is 0 Å². The van der Waals surface area contributed by atoms with Gasteiger partial charge in [0.1, 0.15) is 6.61 Å². The van der Waals surface area contributed by atoms with Crippen molar-refractivity contribution in [3.63, 3.8) is 0 Å². The van der Waals surface area contributed by atoms with Crippen molar-refractivity contribution in [3.05, 3.63) is 68.3 Å². The third-order valence-corrected chi connectivity index (χ3v) is 4.16. The fourth-order valence-electron chi connectivity index (χ4n) is 2.49. The van der Waals surface area contributed by atoms with E-state index in [1.165, 1.54) is 17.2 Å². The van der Waals surface area contributed by atoms with Gasteiger partial charge in [0.25, 0.3) is 0 Å². The summed E-state index contributed by atoms with van der Waals surface area (Å²) in [6, 6.07) is 0. The van der Waals surface area contributed by atoms with Gasteiger partial charge in [0, 0.05) is 0 Å². The van der Waals surface area contributed by atoms with Crippen LogP contribution in [0.4, 0.5) is 23.2 Å². The number of halogens is 4. The summed E-state index contributed by atoms with van der Waals surface area (Å²) < 4.78 is 59.5. The molecule has 0 heterocycles. The lowest BCUT2D eigenvalue weighted by molar-refractivity contribution is -0.390. The van der Waals surface area contributed by atoms with Crippen LogP contribution in [0.15, 0.2) is 34.9 Å². The molecule has 1 aromatic rings. The first kappa shape index (κ1) is 24.4. The molecule has 0 amide bonds. The number of hydrogen-bond acceptors (Lipinski definition) is 3. The van der Waals surface area contributed by atoms with E-state index in [-0.39, 0.29) is 6.61 Å². The molecule has 0 saturated carbocycles. The number of rotatable bonds is 10. The van der Waals surface area contributed by atoms with Gasteiger partial charge in [0.15, 0.2) is 5.75 Å². The van der Waals surface area contributed by atoms with Crippen LogP contribution in [-0.2, 0) is 0 Å². The third-order valence-electron chi connectivity index (χ3n) is 4.16. The highest BCUT2D eigenvalue weighted by Gasteiger charge is 2.33. The maximum absolute atomic E-state index is 13.8. The van der Waals surface area contributed by atoms with Gasteiger partial charge in [-0.15, -0.1) is 0 Å². The second-order valence-electron chi connectivity index (χ2n) is 6.96. The molecule has 8 heteroatoms. The van der Waals surface area contributed by atoms with Crippen LogP contribution in [0.5, 0.6) is 5.75 Å². The van der Waals surface area contributed by atoms with E-state index in [9.17, 15) is 27.7 Å². The molecule has 0 atom stereocenters. The maximum Gasteiger partial charge on any atom is 0.346 e. The quantitative estimate of drug-likeness (QED) is 0.137. The van der Waals surface area contributed by atoms with Crippen molar-refractivity contribution in [3.8, 4) is 5.75 Å². The lowest BCUT2D eigenvalue weighted by Gasteiger charge is -2.09. The molecule has 0 bridgehead atoms. The van der Waals surface area contributed by atoms with E-state index in [1.807, 2.05) is 20.8 Å².